The highest BCUT2D eigenvalue weighted by atomic mass is 16.5. The van der Waals surface area contributed by atoms with Crippen LogP contribution in [0.4, 0.5) is 5.69 Å². The number of benzene rings is 2. The fourth-order valence-corrected chi connectivity index (χ4v) is 4.69. The number of hydrogen-bond donors (Lipinski definition) is 0. The van der Waals surface area contributed by atoms with Crippen LogP contribution in [0.3, 0.4) is 0 Å². The Balaban J connectivity index is 1.75. The van der Waals surface area contributed by atoms with Gasteiger partial charge in [-0.1, -0.05) is 52.0 Å². The van der Waals surface area contributed by atoms with Gasteiger partial charge in [0.1, 0.15) is 11.4 Å². The fraction of sp³-hybridized carbons (Fsp3) is 0.429. The van der Waals surface area contributed by atoms with Gasteiger partial charge >= 0.3 is 0 Å². The summed E-state index contributed by atoms with van der Waals surface area (Å²) in [6.07, 6.45) is 2.16. The SMILES string of the molecule is CCOc1ccc(C2=C(N3CCCC(C)C3)C(=O)N(c3ccc(C(C)(C)C)cc3)C2=O)cc1. The van der Waals surface area contributed by atoms with E-state index in [2.05, 4.69) is 32.6 Å². The number of hydrogen-bond acceptors (Lipinski definition) is 4. The summed E-state index contributed by atoms with van der Waals surface area (Å²) in [4.78, 5) is 30.9. The molecular formula is C28H34N2O3. The Labute approximate surface area is 197 Å². The van der Waals surface area contributed by atoms with Crippen molar-refractivity contribution in [2.45, 2.75) is 52.9 Å². The van der Waals surface area contributed by atoms with Gasteiger partial charge in [0.2, 0.25) is 0 Å². The number of imide groups is 1. The molecule has 5 nitrogen and oxygen atoms in total. The lowest BCUT2D eigenvalue weighted by Crippen LogP contribution is -2.39. The molecule has 0 aromatic heterocycles. The van der Waals surface area contributed by atoms with Gasteiger partial charge in [-0.15, -0.1) is 0 Å². The first-order valence-corrected chi connectivity index (χ1v) is 11.9. The van der Waals surface area contributed by atoms with Gasteiger partial charge in [0.15, 0.2) is 0 Å². The molecule has 2 amide bonds. The standard InChI is InChI=1S/C28H34N2O3/c1-6-33-23-15-9-20(10-16-23)24-25(29-17-7-8-19(2)18-29)27(32)30(26(24)31)22-13-11-21(12-14-22)28(3,4)5/h9-16,19H,6-8,17-18H2,1-5H3. The van der Waals surface area contributed by atoms with Crippen LogP contribution in [0.1, 0.15) is 58.6 Å². The number of likely N-dealkylation sites (tertiary alicyclic amines) is 1. The molecule has 0 bridgehead atoms. The molecule has 1 atom stereocenters. The van der Waals surface area contributed by atoms with Crippen molar-refractivity contribution in [3.05, 3.63) is 65.4 Å². The van der Waals surface area contributed by atoms with Gasteiger partial charge in [-0.25, -0.2) is 4.90 Å². The Morgan fingerprint density at radius 1 is 0.970 bits per heavy atom. The lowest BCUT2D eigenvalue weighted by molar-refractivity contribution is -0.120. The van der Waals surface area contributed by atoms with Crippen LogP contribution < -0.4 is 9.64 Å². The van der Waals surface area contributed by atoms with Crippen molar-refractivity contribution in [3.63, 3.8) is 0 Å². The molecule has 0 saturated carbocycles. The predicted molar refractivity (Wildman–Crippen MR) is 132 cm³/mol. The third-order valence-electron chi connectivity index (χ3n) is 6.48. The van der Waals surface area contributed by atoms with E-state index >= 15 is 0 Å². The highest BCUT2D eigenvalue weighted by molar-refractivity contribution is 6.45. The minimum absolute atomic E-state index is 0.00161. The molecule has 33 heavy (non-hydrogen) atoms. The van der Waals surface area contributed by atoms with Crippen molar-refractivity contribution in [1.29, 1.82) is 0 Å². The number of ether oxygens (including phenoxy) is 1. The molecule has 4 rings (SSSR count). The summed E-state index contributed by atoms with van der Waals surface area (Å²) >= 11 is 0. The summed E-state index contributed by atoms with van der Waals surface area (Å²) in [5.41, 5.74) is 3.53. The van der Waals surface area contributed by atoms with E-state index in [9.17, 15) is 9.59 Å². The zero-order valence-electron chi connectivity index (χ0n) is 20.4. The first-order valence-electron chi connectivity index (χ1n) is 11.9. The van der Waals surface area contributed by atoms with Gasteiger partial charge < -0.3 is 9.64 Å². The van der Waals surface area contributed by atoms with E-state index in [1.807, 2.05) is 55.5 Å². The molecule has 174 valence electrons. The van der Waals surface area contributed by atoms with Crippen LogP contribution in [0.2, 0.25) is 0 Å². The smallest absolute Gasteiger partial charge is 0.282 e. The van der Waals surface area contributed by atoms with E-state index in [0.717, 1.165) is 42.8 Å². The highest BCUT2D eigenvalue weighted by Crippen LogP contribution is 2.37. The summed E-state index contributed by atoms with van der Waals surface area (Å²) in [6, 6.07) is 15.3. The number of carbonyl (C=O) groups is 2. The quantitative estimate of drug-likeness (QED) is 0.577. The van der Waals surface area contributed by atoms with E-state index in [-0.39, 0.29) is 17.2 Å². The second kappa shape index (κ2) is 9.05. The number of anilines is 1. The van der Waals surface area contributed by atoms with Crippen LogP contribution in [0.5, 0.6) is 5.75 Å². The number of piperidine rings is 1. The molecule has 2 aromatic carbocycles. The molecule has 0 aliphatic carbocycles. The van der Waals surface area contributed by atoms with E-state index in [0.29, 0.717) is 29.5 Å². The number of rotatable bonds is 5. The summed E-state index contributed by atoms with van der Waals surface area (Å²) in [6.45, 7) is 12.7. The molecular weight excluding hydrogens is 412 g/mol. The zero-order valence-corrected chi connectivity index (χ0v) is 20.4. The Kier molecular flexibility index (Phi) is 6.33. The Morgan fingerprint density at radius 2 is 1.64 bits per heavy atom. The number of nitrogens with zero attached hydrogens (tertiary/aromatic N) is 2. The number of carbonyl (C=O) groups excluding carboxylic acids is 2. The molecule has 2 aliphatic rings. The van der Waals surface area contributed by atoms with Crippen molar-refractivity contribution in [2.24, 2.45) is 5.92 Å². The summed E-state index contributed by atoms with van der Waals surface area (Å²) in [5.74, 6) is 0.736. The van der Waals surface area contributed by atoms with Crippen LogP contribution in [0, 0.1) is 5.92 Å². The predicted octanol–water partition coefficient (Wildman–Crippen LogP) is 5.40. The molecule has 0 spiro atoms. The molecule has 1 saturated heterocycles. The van der Waals surface area contributed by atoms with E-state index in [1.165, 1.54) is 4.90 Å². The largest absolute Gasteiger partial charge is 0.494 e. The fourth-order valence-electron chi connectivity index (χ4n) is 4.69. The molecule has 5 heteroatoms. The van der Waals surface area contributed by atoms with Crippen LogP contribution in [-0.4, -0.2) is 36.4 Å². The van der Waals surface area contributed by atoms with Crippen LogP contribution in [-0.2, 0) is 15.0 Å². The Bertz CT molecular complexity index is 1060. The second-order valence-corrected chi connectivity index (χ2v) is 10.1. The Hall–Kier alpha value is -3.08. The van der Waals surface area contributed by atoms with Gasteiger partial charge in [0, 0.05) is 13.1 Å². The summed E-state index contributed by atoms with van der Waals surface area (Å²) < 4.78 is 5.57. The van der Waals surface area contributed by atoms with Gasteiger partial charge in [-0.05, 0) is 66.5 Å². The van der Waals surface area contributed by atoms with Gasteiger partial charge in [-0.3, -0.25) is 9.59 Å². The number of amides is 2. The van der Waals surface area contributed by atoms with E-state index < -0.39 is 0 Å². The first kappa shape index (κ1) is 23.1. The van der Waals surface area contributed by atoms with Gasteiger partial charge in [-0.2, -0.15) is 0 Å². The highest BCUT2D eigenvalue weighted by Gasteiger charge is 2.43. The maximum Gasteiger partial charge on any atom is 0.282 e. The lowest BCUT2D eigenvalue weighted by atomic mass is 9.87. The Morgan fingerprint density at radius 3 is 2.21 bits per heavy atom. The third-order valence-corrected chi connectivity index (χ3v) is 6.48. The molecule has 0 N–H and O–H groups in total. The molecule has 2 aliphatic heterocycles. The third kappa shape index (κ3) is 4.54. The molecule has 1 fully saturated rings. The molecule has 2 heterocycles. The molecule has 0 radical (unpaired) electrons. The molecule has 2 aromatic rings. The van der Waals surface area contributed by atoms with Crippen LogP contribution >= 0.6 is 0 Å². The van der Waals surface area contributed by atoms with E-state index in [1.54, 1.807) is 0 Å². The zero-order chi connectivity index (χ0) is 23.8. The van der Waals surface area contributed by atoms with Crippen molar-refractivity contribution in [3.8, 4) is 5.75 Å². The van der Waals surface area contributed by atoms with Crippen LogP contribution in [0.15, 0.2) is 54.2 Å². The maximum absolute atomic E-state index is 13.7. The summed E-state index contributed by atoms with van der Waals surface area (Å²) in [7, 11) is 0. The minimum atomic E-state index is -0.263. The lowest BCUT2D eigenvalue weighted by Gasteiger charge is -2.33. The van der Waals surface area contributed by atoms with Crippen molar-refractivity contribution < 1.29 is 14.3 Å². The van der Waals surface area contributed by atoms with Crippen molar-refractivity contribution >= 4 is 23.1 Å². The first-order chi connectivity index (χ1) is 15.7. The topological polar surface area (TPSA) is 49.9 Å². The summed E-state index contributed by atoms with van der Waals surface area (Å²) in [5, 5.41) is 0. The maximum atomic E-state index is 13.7. The van der Waals surface area contributed by atoms with E-state index in [4.69, 9.17) is 4.74 Å². The average Bonchev–Trinajstić information content (AvgIpc) is 3.04. The van der Waals surface area contributed by atoms with Crippen molar-refractivity contribution in [1.82, 2.24) is 4.90 Å². The molecule has 1 unspecified atom stereocenters. The normalized spacial score (nSPS) is 19.5. The van der Waals surface area contributed by atoms with Crippen LogP contribution in [0.25, 0.3) is 5.57 Å². The average molecular weight is 447 g/mol. The van der Waals surface area contributed by atoms with Gasteiger partial charge in [0.05, 0.1) is 17.9 Å². The second-order valence-electron chi connectivity index (χ2n) is 10.1. The minimum Gasteiger partial charge on any atom is -0.494 e. The van der Waals surface area contributed by atoms with Crippen molar-refractivity contribution in [2.75, 3.05) is 24.6 Å². The monoisotopic (exact) mass is 446 g/mol. The van der Waals surface area contributed by atoms with Gasteiger partial charge in [0.25, 0.3) is 11.8 Å².